The summed E-state index contributed by atoms with van der Waals surface area (Å²) >= 11 is 0. The van der Waals surface area contributed by atoms with E-state index >= 15 is 0 Å². The lowest BCUT2D eigenvalue weighted by molar-refractivity contribution is -0.0954. The third kappa shape index (κ3) is 0.899. The Kier molecular flexibility index (Phi) is 1.62. The summed E-state index contributed by atoms with van der Waals surface area (Å²) in [6.45, 7) is 0. The molecule has 7 rings (SSSR count). The molecule has 0 radical (unpaired) electrons. The largest absolute Gasteiger partial charge is 0.293 e. The average Bonchev–Trinajstić information content (AvgIpc) is 2.79. The number of hydrogen-bond donors (Lipinski definition) is 0. The van der Waals surface area contributed by atoms with Crippen molar-refractivity contribution < 1.29 is 4.79 Å². The van der Waals surface area contributed by atoms with Crippen molar-refractivity contribution in [3.63, 3.8) is 0 Å². The van der Waals surface area contributed by atoms with Crippen LogP contribution in [-0.4, -0.2) is 5.78 Å². The van der Waals surface area contributed by atoms with Gasteiger partial charge in [-0.3, -0.25) is 4.79 Å². The molecule has 6 aliphatic carbocycles. The molecule has 1 atom stereocenters. The maximum absolute atomic E-state index is 13.4. The van der Waals surface area contributed by atoms with E-state index in [0.717, 1.165) is 23.7 Å². The number of rotatable bonds is 0. The minimum absolute atomic E-state index is 0.0596. The zero-order valence-electron chi connectivity index (χ0n) is 11.8. The Bertz CT molecular complexity index is 628. The van der Waals surface area contributed by atoms with Crippen LogP contribution < -0.4 is 0 Å². The summed E-state index contributed by atoms with van der Waals surface area (Å²) in [5, 5.41) is 0. The van der Waals surface area contributed by atoms with E-state index in [1.807, 2.05) is 0 Å². The van der Waals surface area contributed by atoms with Gasteiger partial charge in [-0.15, -0.1) is 0 Å². The number of carbonyl (C=O) groups excluding carboxylic acids is 1. The van der Waals surface area contributed by atoms with E-state index in [-0.39, 0.29) is 5.41 Å². The zero-order valence-corrected chi connectivity index (χ0v) is 11.8. The zero-order chi connectivity index (χ0) is 13.1. The molecular formula is C19H20O. The molecule has 1 nitrogen and oxygen atoms in total. The van der Waals surface area contributed by atoms with Gasteiger partial charge in [-0.1, -0.05) is 18.2 Å². The van der Waals surface area contributed by atoms with Crippen molar-refractivity contribution in [1.29, 1.82) is 0 Å². The van der Waals surface area contributed by atoms with Gasteiger partial charge in [0.05, 0.1) is 0 Å². The van der Waals surface area contributed by atoms with Crippen LogP contribution >= 0.6 is 0 Å². The summed E-state index contributed by atoms with van der Waals surface area (Å²) in [5.41, 5.74) is 4.02. The fourth-order valence-corrected chi connectivity index (χ4v) is 7.39. The Hall–Kier alpha value is -1.11. The third-order valence-electron chi connectivity index (χ3n) is 7.67. The topological polar surface area (TPSA) is 17.1 Å². The maximum atomic E-state index is 13.4. The van der Waals surface area contributed by atoms with Crippen LogP contribution in [0.4, 0.5) is 0 Å². The Morgan fingerprint density at radius 3 is 2.30 bits per heavy atom. The van der Waals surface area contributed by atoms with Crippen molar-refractivity contribution in [2.75, 3.05) is 0 Å². The smallest absolute Gasteiger partial charge is 0.170 e. The molecule has 0 aromatic heterocycles. The molecule has 0 amide bonds. The first-order valence-electron chi connectivity index (χ1n) is 8.45. The fraction of sp³-hybridized carbons (Fsp3) is 0.632. The van der Waals surface area contributed by atoms with Crippen LogP contribution in [0.2, 0.25) is 0 Å². The first-order chi connectivity index (χ1) is 9.78. The van der Waals surface area contributed by atoms with Crippen LogP contribution in [0.15, 0.2) is 18.2 Å². The number of ketones is 1. The third-order valence-corrected chi connectivity index (χ3v) is 7.67. The highest BCUT2D eigenvalue weighted by molar-refractivity contribution is 6.09. The highest BCUT2D eigenvalue weighted by Gasteiger charge is 2.68. The van der Waals surface area contributed by atoms with E-state index in [1.165, 1.54) is 55.2 Å². The van der Waals surface area contributed by atoms with Crippen LogP contribution in [0.5, 0.6) is 0 Å². The SMILES string of the molecule is O=C1c2c3cccc2C(C3)C12C1CC3CC(C1)CC2C3. The summed E-state index contributed by atoms with van der Waals surface area (Å²) in [5.74, 6) is 4.49. The number of carbonyl (C=O) groups is 1. The molecule has 20 heavy (non-hydrogen) atoms. The van der Waals surface area contributed by atoms with Gasteiger partial charge in [-0.25, -0.2) is 0 Å². The molecule has 0 N–H and O–H groups in total. The van der Waals surface area contributed by atoms with Crippen LogP contribution in [0.3, 0.4) is 0 Å². The van der Waals surface area contributed by atoms with Crippen LogP contribution in [0.1, 0.15) is 59.5 Å². The van der Waals surface area contributed by atoms with Gasteiger partial charge in [0, 0.05) is 16.9 Å². The van der Waals surface area contributed by atoms with Crippen LogP contribution in [0.25, 0.3) is 0 Å². The van der Waals surface area contributed by atoms with Gasteiger partial charge in [0.15, 0.2) is 5.78 Å². The second-order valence-corrected chi connectivity index (χ2v) is 8.20. The van der Waals surface area contributed by atoms with E-state index in [0.29, 0.717) is 11.7 Å². The monoisotopic (exact) mass is 264 g/mol. The summed E-state index contributed by atoms with van der Waals surface area (Å²) in [6, 6.07) is 6.63. The van der Waals surface area contributed by atoms with Crippen molar-refractivity contribution >= 4 is 5.78 Å². The molecule has 6 aliphatic rings. The molecule has 1 aromatic rings. The molecular weight excluding hydrogens is 244 g/mol. The van der Waals surface area contributed by atoms with Gasteiger partial charge < -0.3 is 0 Å². The molecule has 0 saturated heterocycles. The molecule has 102 valence electrons. The van der Waals surface area contributed by atoms with Crippen molar-refractivity contribution in [2.45, 2.75) is 44.4 Å². The van der Waals surface area contributed by atoms with Gasteiger partial charge in [-0.2, -0.15) is 0 Å². The van der Waals surface area contributed by atoms with Crippen LogP contribution in [0, 0.1) is 29.1 Å². The number of hydrogen-bond acceptors (Lipinski definition) is 1. The first kappa shape index (κ1) is 10.6. The minimum atomic E-state index is 0.0596. The lowest BCUT2D eigenvalue weighted by atomic mass is 9.41. The lowest BCUT2D eigenvalue weighted by Crippen LogP contribution is -2.58. The average molecular weight is 264 g/mol. The Labute approximate surface area is 119 Å². The molecule has 4 fully saturated rings. The number of benzene rings is 1. The fourth-order valence-electron chi connectivity index (χ4n) is 7.39. The molecule has 8 bridgehead atoms. The standard InChI is InChI=1S/C19H20O/c20-18-17-12-2-1-3-15(17)16(9-12)19(18)13-5-10-4-11(7-13)8-14(19)6-10/h1-3,10-11,13-14,16H,4-9H2. The van der Waals surface area contributed by atoms with E-state index in [1.54, 1.807) is 0 Å². The summed E-state index contributed by atoms with van der Waals surface area (Å²) in [6.07, 6.45) is 8.08. The maximum Gasteiger partial charge on any atom is 0.170 e. The lowest BCUT2D eigenvalue weighted by Gasteiger charge is -2.61. The predicted octanol–water partition coefficient (Wildman–Crippen LogP) is 3.97. The van der Waals surface area contributed by atoms with E-state index in [9.17, 15) is 4.79 Å². The predicted molar refractivity (Wildman–Crippen MR) is 76.7 cm³/mol. The summed E-state index contributed by atoms with van der Waals surface area (Å²) < 4.78 is 0. The highest BCUT2D eigenvalue weighted by atomic mass is 16.1. The van der Waals surface area contributed by atoms with Gasteiger partial charge in [0.1, 0.15) is 0 Å². The second-order valence-electron chi connectivity index (χ2n) is 8.20. The highest BCUT2D eigenvalue weighted by Crippen LogP contribution is 2.72. The Balaban J connectivity index is 1.59. The van der Waals surface area contributed by atoms with E-state index < -0.39 is 0 Å². The van der Waals surface area contributed by atoms with Gasteiger partial charge in [0.25, 0.3) is 0 Å². The molecule has 0 aliphatic heterocycles. The van der Waals surface area contributed by atoms with Crippen molar-refractivity contribution in [1.82, 2.24) is 0 Å². The van der Waals surface area contributed by atoms with E-state index in [2.05, 4.69) is 18.2 Å². The molecule has 1 spiro atoms. The second kappa shape index (κ2) is 3.05. The quantitative estimate of drug-likeness (QED) is 0.693. The van der Waals surface area contributed by atoms with Crippen molar-refractivity contribution in [3.8, 4) is 0 Å². The van der Waals surface area contributed by atoms with Crippen molar-refractivity contribution in [2.24, 2.45) is 29.1 Å². The molecule has 4 saturated carbocycles. The molecule has 1 unspecified atom stereocenters. The van der Waals surface area contributed by atoms with Gasteiger partial charge in [0.2, 0.25) is 0 Å². The minimum Gasteiger partial charge on any atom is -0.293 e. The normalized spacial score (nSPS) is 49.6. The molecule has 1 aromatic carbocycles. The number of Topliss-reactive ketones (excluding diaryl/α,β-unsaturated/α-hetero) is 1. The van der Waals surface area contributed by atoms with Crippen LogP contribution in [-0.2, 0) is 6.42 Å². The Morgan fingerprint density at radius 1 is 0.950 bits per heavy atom. The molecule has 1 heteroatoms. The van der Waals surface area contributed by atoms with Gasteiger partial charge >= 0.3 is 0 Å². The summed E-state index contributed by atoms with van der Waals surface area (Å²) in [4.78, 5) is 13.4. The molecule has 0 heterocycles. The Morgan fingerprint density at radius 2 is 1.65 bits per heavy atom. The van der Waals surface area contributed by atoms with Gasteiger partial charge in [-0.05, 0) is 73.3 Å². The van der Waals surface area contributed by atoms with E-state index in [4.69, 9.17) is 0 Å². The van der Waals surface area contributed by atoms with Crippen molar-refractivity contribution in [3.05, 3.63) is 34.9 Å². The first-order valence-corrected chi connectivity index (χ1v) is 8.45. The summed E-state index contributed by atoms with van der Waals surface area (Å²) in [7, 11) is 0.